The van der Waals surface area contributed by atoms with Crippen molar-refractivity contribution in [2.45, 2.75) is 37.9 Å². The predicted molar refractivity (Wildman–Crippen MR) is 112 cm³/mol. The number of alkyl halides is 3. The quantitative estimate of drug-likeness (QED) is 0.304. The number of aryl methyl sites for hydroxylation is 1. The van der Waals surface area contributed by atoms with Gasteiger partial charge in [0.05, 0.1) is 18.8 Å². The van der Waals surface area contributed by atoms with Gasteiger partial charge >= 0.3 is 6.18 Å². The Morgan fingerprint density at radius 3 is 2.55 bits per heavy atom. The minimum absolute atomic E-state index is 0.0944. The number of unbranched alkanes of at least 4 members (excludes halogenated alkanes) is 2. The molecule has 1 saturated heterocycles. The van der Waals surface area contributed by atoms with Crippen molar-refractivity contribution >= 4 is 11.3 Å². The Balaban J connectivity index is 1.33. The van der Waals surface area contributed by atoms with Crippen LogP contribution in [0.15, 0.2) is 36.4 Å². The van der Waals surface area contributed by atoms with Crippen molar-refractivity contribution in [1.29, 1.82) is 0 Å². The molecule has 2 aromatic carbocycles. The van der Waals surface area contributed by atoms with Crippen LogP contribution < -0.4 is 10.2 Å². The fourth-order valence-corrected chi connectivity index (χ4v) is 4.14. The topological polar surface area (TPSA) is 56.3 Å². The number of hydrogen-bond acceptors (Lipinski definition) is 6. The zero-order valence-electron chi connectivity index (χ0n) is 17.3. The third kappa shape index (κ3) is 5.84. The zero-order chi connectivity index (χ0) is 23.4. The Morgan fingerprint density at radius 2 is 1.85 bits per heavy atom. The SMILES string of the molecule is Fc1ccc(CCCCCOc2ccc(-c3nnc(C4CON4)s3)cc2C(F)(F)F)cc1F. The van der Waals surface area contributed by atoms with Gasteiger partial charge in [0.2, 0.25) is 0 Å². The van der Waals surface area contributed by atoms with Gasteiger partial charge in [-0.3, -0.25) is 4.84 Å². The first-order valence-corrected chi connectivity index (χ1v) is 11.1. The van der Waals surface area contributed by atoms with E-state index in [1.807, 2.05) is 0 Å². The Kier molecular flexibility index (Phi) is 7.20. The molecule has 1 fully saturated rings. The number of nitrogens with zero attached hydrogens (tertiary/aromatic N) is 2. The van der Waals surface area contributed by atoms with Crippen LogP contribution in [0, 0.1) is 11.6 Å². The Morgan fingerprint density at radius 1 is 1.03 bits per heavy atom. The lowest BCUT2D eigenvalue weighted by atomic mass is 10.1. The van der Waals surface area contributed by atoms with Crippen molar-refractivity contribution in [3.63, 3.8) is 0 Å². The van der Waals surface area contributed by atoms with Crippen molar-refractivity contribution in [2.75, 3.05) is 13.2 Å². The van der Waals surface area contributed by atoms with E-state index in [0.29, 0.717) is 53.4 Å². The lowest BCUT2D eigenvalue weighted by Crippen LogP contribution is -2.37. The number of nitrogens with one attached hydrogen (secondary N) is 1. The van der Waals surface area contributed by atoms with Crippen molar-refractivity contribution in [1.82, 2.24) is 15.7 Å². The van der Waals surface area contributed by atoms with E-state index in [1.54, 1.807) is 0 Å². The minimum Gasteiger partial charge on any atom is -0.493 e. The summed E-state index contributed by atoms with van der Waals surface area (Å²) in [5.41, 5.74) is 2.81. The predicted octanol–water partition coefficient (Wildman–Crippen LogP) is 5.87. The molecule has 0 aliphatic carbocycles. The molecular formula is C22H20F5N3O2S. The fourth-order valence-electron chi connectivity index (χ4n) is 3.28. The third-order valence-corrected chi connectivity index (χ3v) is 6.18. The molecule has 0 spiro atoms. The highest BCUT2D eigenvalue weighted by Crippen LogP contribution is 2.40. The first-order valence-electron chi connectivity index (χ1n) is 10.3. The van der Waals surface area contributed by atoms with E-state index >= 15 is 0 Å². The maximum Gasteiger partial charge on any atom is 0.419 e. The van der Waals surface area contributed by atoms with Crippen LogP contribution in [0.25, 0.3) is 10.6 Å². The minimum atomic E-state index is -4.59. The van der Waals surface area contributed by atoms with Gasteiger partial charge in [0, 0.05) is 5.56 Å². The second-order valence-electron chi connectivity index (χ2n) is 7.54. The average molecular weight is 485 g/mol. The number of hydrogen-bond donors (Lipinski definition) is 1. The van der Waals surface area contributed by atoms with E-state index in [0.717, 1.165) is 18.2 Å². The molecule has 2 heterocycles. The molecule has 0 radical (unpaired) electrons. The number of rotatable bonds is 9. The summed E-state index contributed by atoms with van der Waals surface area (Å²) in [6.45, 7) is 0.548. The van der Waals surface area contributed by atoms with Gasteiger partial charge in [-0.2, -0.15) is 18.7 Å². The highest BCUT2D eigenvalue weighted by Gasteiger charge is 2.35. The summed E-state index contributed by atoms with van der Waals surface area (Å²) in [5.74, 6) is -2.03. The van der Waals surface area contributed by atoms with Crippen LogP contribution in [0.3, 0.4) is 0 Å². The smallest absolute Gasteiger partial charge is 0.419 e. The van der Waals surface area contributed by atoms with E-state index in [-0.39, 0.29) is 18.4 Å². The van der Waals surface area contributed by atoms with E-state index < -0.39 is 23.4 Å². The summed E-state index contributed by atoms with van der Waals surface area (Å²) >= 11 is 1.20. The van der Waals surface area contributed by atoms with E-state index in [2.05, 4.69) is 15.7 Å². The number of halogens is 5. The summed E-state index contributed by atoms with van der Waals surface area (Å²) in [7, 11) is 0. The molecular weight excluding hydrogens is 465 g/mol. The van der Waals surface area contributed by atoms with Crippen LogP contribution in [0.4, 0.5) is 22.0 Å². The molecule has 1 aromatic heterocycles. The number of ether oxygens (including phenoxy) is 1. The summed E-state index contributed by atoms with van der Waals surface area (Å²) in [4.78, 5) is 4.87. The first-order chi connectivity index (χ1) is 15.8. The largest absolute Gasteiger partial charge is 0.493 e. The molecule has 0 bridgehead atoms. The molecule has 3 aromatic rings. The van der Waals surface area contributed by atoms with E-state index in [9.17, 15) is 22.0 Å². The molecule has 1 N–H and O–H groups in total. The maximum atomic E-state index is 13.6. The third-order valence-electron chi connectivity index (χ3n) is 5.10. The molecule has 1 aliphatic rings. The molecule has 1 atom stereocenters. The van der Waals surface area contributed by atoms with Crippen LogP contribution in [0.2, 0.25) is 0 Å². The normalized spacial score (nSPS) is 16.0. The second kappa shape index (κ2) is 10.1. The molecule has 176 valence electrons. The Hall–Kier alpha value is -2.63. The van der Waals surface area contributed by atoms with Gasteiger partial charge in [0.25, 0.3) is 0 Å². The van der Waals surface area contributed by atoms with Gasteiger partial charge < -0.3 is 4.74 Å². The molecule has 0 saturated carbocycles. The highest BCUT2D eigenvalue weighted by atomic mass is 32.1. The van der Waals surface area contributed by atoms with Gasteiger partial charge in [-0.05, 0) is 61.6 Å². The summed E-state index contributed by atoms with van der Waals surface area (Å²) in [6, 6.07) is 7.51. The van der Waals surface area contributed by atoms with Crippen LogP contribution in [-0.4, -0.2) is 23.4 Å². The number of hydroxylamine groups is 1. The monoisotopic (exact) mass is 485 g/mol. The molecule has 33 heavy (non-hydrogen) atoms. The van der Waals surface area contributed by atoms with Gasteiger partial charge in [-0.1, -0.05) is 17.4 Å². The number of benzene rings is 2. The van der Waals surface area contributed by atoms with Crippen LogP contribution >= 0.6 is 11.3 Å². The molecule has 11 heteroatoms. The van der Waals surface area contributed by atoms with Crippen LogP contribution in [0.1, 0.15) is 41.4 Å². The molecule has 5 nitrogen and oxygen atoms in total. The average Bonchev–Trinajstić information content (AvgIpc) is 3.20. The Bertz CT molecular complexity index is 1100. The molecule has 4 rings (SSSR count). The summed E-state index contributed by atoms with van der Waals surface area (Å²) < 4.78 is 72.5. The summed E-state index contributed by atoms with van der Waals surface area (Å²) in [6.07, 6.45) is -2.16. The van der Waals surface area contributed by atoms with Crippen LogP contribution in [-0.2, 0) is 17.4 Å². The van der Waals surface area contributed by atoms with Gasteiger partial charge in [0.1, 0.15) is 21.8 Å². The number of aromatic nitrogens is 2. The van der Waals surface area contributed by atoms with E-state index in [1.165, 1.54) is 29.5 Å². The summed E-state index contributed by atoms with van der Waals surface area (Å²) in [5, 5.41) is 9.04. The molecule has 0 amide bonds. The zero-order valence-corrected chi connectivity index (χ0v) is 18.1. The fraction of sp³-hybridized carbons (Fsp3) is 0.364. The van der Waals surface area contributed by atoms with E-state index in [4.69, 9.17) is 9.57 Å². The highest BCUT2D eigenvalue weighted by molar-refractivity contribution is 7.14. The lowest BCUT2D eigenvalue weighted by molar-refractivity contribution is -0.138. The molecule has 1 unspecified atom stereocenters. The lowest BCUT2D eigenvalue weighted by Gasteiger charge is -2.24. The second-order valence-corrected chi connectivity index (χ2v) is 8.55. The standard InChI is InChI=1S/C22H20F5N3O2S/c23-16-7-5-13(10-17(16)24)4-2-1-3-9-31-19-8-6-14(11-15(19)22(25,26)27)20-28-29-21(33-20)18-12-32-30-18/h5-8,10-11,18,30H,1-4,9,12H2. The van der Waals surface area contributed by atoms with Crippen molar-refractivity contribution in [3.8, 4) is 16.3 Å². The van der Waals surface area contributed by atoms with Gasteiger partial charge in [-0.15, -0.1) is 10.2 Å². The van der Waals surface area contributed by atoms with Gasteiger partial charge in [-0.25, -0.2) is 8.78 Å². The van der Waals surface area contributed by atoms with Crippen LogP contribution in [0.5, 0.6) is 5.75 Å². The van der Waals surface area contributed by atoms with Crippen molar-refractivity contribution in [2.24, 2.45) is 0 Å². The van der Waals surface area contributed by atoms with Crippen molar-refractivity contribution < 1.29 is 31.5 Å². The van der Waals surface area contributed by atoms with Crippen molar-refractivity contribution in [3.05, 3.63) is 64.2 Å². The molecule has 1 aliphatic heterocycles. The first kappa shape index (κ1) is 23.5. The Labute approximate surface area is 190 Å². The maximum absolute atomic E-state index is 13.6. The van der Waals surface area contributed by atoms with Gasteiger partial charge in [0.15, 0.2) is 11.6 Å².